The van der Waals surface area contributed by atoms with Crippen LogP contribution in [0.4, 0.5) is 5.82 Å². The van der Waals surface area contributed by atoms with Crippen LogP contribution >= 0.6 is 11.6 Å². The lowest BCUT2D eigenvalue weighted by molar-refractivity contribution is -0.121. The Bertz CT molecular complexity index is 455. The van der Waals surface area contributed by atoms with E-state index in [4.69, 9.17) is 22.1 Å². The van der Waals surface area contributed by atoms with Gasteiger partial charge in [-0.2, -0.15) is 4.98 Å². The van der Waals surface area contributed by atoms with Gasteiger partial charge in [0.2, 0.25) is 5.91 Å². The fraction of sp³-hybridized carbons (Fsp3) is 0.545. The highest BCUT2D eigenvalue weighted by Crippen LogP contribution is 2.30. The monoisotopic (exact) mass is 270 g/mol. The fourth-order valence-corrected chi connectivity index (χ4v) is 2.35. The summed E-state index contributed by atoms with van der Waals surface area (Å²) in [5, 5.41) is 3.55. The smallest absolute Gasteiger partial charge is 0.318 e. The van der Waals surface area contributed by atoms with Gasteiger partial charge in [0, 0.05) is 6.04 Å². The molecule has 1 fully saturated rings. The van der Waals surface area contributed by atoms with Gasteiger partial charge in [0.25, 0.3) is 0 Å². The summed E-state index contributed by atoms with van der Waals surface area (Å²) in [6.07, 6.45) is 4.10. The standard InChI is InChI=1S/C11H15ClN4O2/c1-18-11-14-5-7(12)10(16-11)15-8-4-2-3-6(8)9(13)17/h5-6,8H,2-4H2,1H3,(H2,13,17)(H,14,15,16)/t6-,8-/m0/s1. The molecule has 1 amide bonds. The lowest BCUT2D eigenvalue weighted by Gasteiger charge is -2.19. The van der Waals surface area contributed by atoms with Crippen LogP contribution in [0, 0.1) is 5.92 Å². The van der Waals surface area contributed by atoms with Crippen molar-refractivity contribution in [3.8, 4) is 6.01 Å². The number of ether oxygens (including phenoxy) is 1. The van der Waals surface area contributed by atoms with Crippen LogP contribution in [0.25, 0.3) is 0 Å². The summed E-state index contributed by atoms with van der Waals surface area (Å²) in [5.74, 6) is 0.00540. The highest BCUT2D eigenvalue weighted by Gasteiger charge is 2.32. The van der Waals surface area contributed by atoms with E-state index < -0.39 is 0 Å². The summed E-state index contributed by atoms with van der Waals surface area (Å²) in [5.41, 5.74) is 5.37. The summed E-state index contributed by atoms with van der Waals surface area (Å²) in [6.45, 7) is 0. The Balaban J connectivity index is 2.15. The molecule has 2 rings (SSSR count). The lowest BCUT2D eigenvalue weighted by Crippen LogP contribution is -2.34. The molecule has 6 nitrogen and oxygen atoms in total. The van der Waals surface area contributed by atoms with E-state index in [1.54, 1.807) is 0 Å². The molecule has 0 unspecified atom stereocenters. The Morgan fingerprint density at radius 2 is 2.39 bits per heavy atom. The zero-order valence-corrected chi connectivity index (χ0v) is 10.8. The van der Waals surface area contributed by atoms with E-state index in [1.807, 2.05) is 0 Å². The predicted octanol–water partition coefficient (Wildman–Crippen LogP) is 1.20. The van der Waals surface area contributed by atoms with E-state index in [0.29, 0.717) is 10.8 Å². The third-order valence-electron chi connectivity index (χ3n) is 3.11. The van der Waals surface area contributed by atoms with Gasteiger partial charge in [-0.25, -0.2) is 4.98 Å². The topological polar surface area (TPSA) is 90.1 Å². The maximum Gasteiger partial charge on any atom is 0.318 e. The van der Waals surface area contributed by atoms with Crippen LogP contribution in [-0.4, -0.2) is 29.0 Å². The van der Waals surface area contributed by atoms with Crippen molar-refractivity contribution in [3.63, 3.8) is 0 Å². The molecule has 0 saturated heterocycles. The number of halogens is 1. The summed E-state index contributed by atoms with van der Waals surface area (Å²) in [7, 11) is 1.48. The summed E-state index contributed by atoms with van der Waals surface area (Å²) >= 11 is 6.00. The first-order valence-corrected chi connectivity index (χ1v) is 6.12. The number of primary amides is 1. The van der Waals surface area contributed by atoms with Crippen molar-refractivity contribution in [3.05, 3.63) is 11.2 Å². The van der Waals surface area contributed by atoms with Crippen molar-refractivity contribution in [1.29, 1.82) is 0 Å². The molecule has 1 aliphatic carbocycles. The van der Waals surface area contributed by atoms with Gasteiger partial charge in [-0.1, -0.05) is 18.0 Å². The predicted molar refractivity (Wildman–Crippen MR) is 67.5 cm³/mol. The van der Waals surface area contributed by atoms with Crippen molar-refractivity contribution in [2.24, 2.45) is 11.7 Å². The minimum atomic E-state index is -0.290. The number of hydrogen-bond donors (Lipinski definition) is 2. The molecular weight excluding hydrogens is 256 g/mol. The van der Waals surface area contributed by atoms with Gasteiger partial charge in [0.05, 0.1) is 19.2 Å². The number of amides is 1. The second-order valence-electron chi connectivity index (χ2n) is 4.24. The normalized spacial score (nSPS) is 22.8. The number of nitrogens with one attached hydrogen (secondary N) is 1. The third-order valence-corrected chi connectivity index (χ3v) is 3.38. The van der Waals surface area contributed by atoms with E-state index in [1.165, 1.54) is 13.3 Å². The Morgan fingerprint density at radius 3 is 3.06 bits per heavy atom. The number of nitrogens with two attached hydrogens (primary N) is 1. The lowest BCUT2D eigenvalue weighted by atomic mass is 10.0. The first kappa shape index (κ1) is 12.9. The molecule has 1 heterocycles. The van der Waals surface area contributed by atoms with E-state index in [0.717, 1.165) is 19.3 Å². The van der Waals surface area contributed by atoms with Crippen LogP contribution in [0.2, 0.25) is 5.02 Å². The number of carbonyl (C=O) groups is 1. The van der Waals surface area contributed by atoms with Gasteiger partial charge in [0.1, 0.15) is 5.02 Å². The SMILES string of the molecule is COc1ncc(Cl)c(N[C@H]2CCC[C@@H]2C(N)=O)n1. The van der Waals surface area contributed by atoms with Crippen molar-refractivity contribution in [2.45, 2.75) is 25.3 Å². The molecule has 0 aliphatic heterocycles. The van der Waals surface area contributed by atoms with Crippen molar-refractivity contribution < 1.29 is 9.53 Å². The van der Waals surface area contributed by atoms with Gasteiger partial charge in [-0.05, 0) is 12.8 Å². The van der Waals surface area contributed by atoms with Crippen LogP contribution in [0.5, 0.6) is 6.01 Å². The number of nitrogens with zero attached hydrogens (tertiary/aromatic N) is 2. The van der Waals surface area contributed by atoms with Gasteiger partial charge in [-0.3, -0.25) is 4.79 Å². The largest absolute Gasteiger partial charge is 0.467 e. The molecule has 98 valence electrons. The average molecular weight is 271 g/mol. The molecule has 3 N–H and O–H groups in total. The molecule has 18 heavy (non-hydrogen) atoms. The van der Waals surface area contributed by atoms with Crippen LogP contribution in [-0.2, 0) is 4.79 Å². The summed E-state index contributed by atoms with van der Waals surface area (Å²) < 4.78 is 4.94. The molecule has 1 aromatic rings. The minimum Gasteiger partial charge on any atom is -0.467 e. The zero-order valence-electron chi connectivity index (χ0n) is 10.0. The molecule has 0 bridgehead atoms. The number of anilines is 1. The maximum atomic E-state index is 11.3. The van der Waals surface area contributed by atoms with Gasteiger partial charge in [0.15, 0.2) is 5.82 Å². The molecule has 2 atom stereocenters. The third kappa shape index (κ3) is 2.64. The highest BCUT2D eigenvalue weighted by molar-refractivity contribution is 6.32. The molecule has 0 spiro atoms. The van der Waals surface area contributed by atoms with Crippen LogP contribution in [0.15, 0.2) is 6.20 Å². The zero-order chi connectivity index (χ0) is 13.1. The minimum absolute atomic E-state index is 0.0281. The van der Waals surface area contributed by atoms with Crippen LogP contribution < -0.4 is 15.8 Å². The second-order valence-corrected chi connectivity index (χ2v) is 4.65. The molecule has 1 aromatic heterocycles. The van der Waals surface area contributed by atoms with Gasteiger partial charge in [-0.15, -0.1) is 0 Å². The molecule has 0 radical (unpaired) electrons. The highest BCUT2D eigenvalue weighted by atomic mass is 35.5. The van der Waals surface area contributed by atoms with Gasteiger partial charge < -0.3 is 15.8 Å². The molecule has 0 aromatic carbocycles. The quantitative estimate of drug-likeness (QED) is 0.858. The van der Waals surface area contributed by atoms with Crippen molar-refractivity contribution >= 4 is 23.3 Å². The number of carbonyl (C=O) groups excluding carboxylic acids is 1. The number of aromatic nitrogens is 2. The molecular formula is C11H15ClN4O2. The first-order chi connectivity index (χ1) is 8.61. The molecule has 7 heteroatoms. The Hall–Kier alpha value is -1.56. The first-order valence-electron chi connectivity index (χ1n) is 5.74. The number of hydrogen-bond acceptors (Lipinski definition) is 5. The molecule has 1 aliphatic rings. The summed E-state index contributed by atoms with van der Waals surface area (Å²) in [4.78, 5) is 19.3. The van der Waals surface area contributed by atoms with Crippen molar-refractivity contribution in [2.75, 3.05) is 12.4 Å². The Kier molecular flexibility index (Phi) is 3.86. The van der Waals surface area contributed by atoms with Crippen molar-refractivity contribution in [1.82, 2.24) is 9.97 Å². The number of methoxy groups -OCH3 is 1. The van der Waals surface area contributed by atoms with Crippen LogP contribution in [0.3, 0.4) is 0 Å². The molecule has 1 saturated carbocycles. The van der Waals surface area contributed by atoms with Gasteiger partial charge >= 0.3 is 6.01 Å². The maximum absolute atomic E-state index is 11.3. The van der Waals surface area contributed by atoms with E-state index in [-0.39, 0.29) is 23.9 Å². The van der Waals surface area contributed by atoms with E-state index in [9.17, 15) is 4.79 Å². The Labute approximate surface area is 110 Å². The van der Waals surface area contributed by atoms with E-state index >= 15 is 0 Å². The summed E-state index contributed by atoms with van der Waals surface area (Å²) in [6, 6.07) is 0.204. The second kappa shape index (κ2) is 5.39. The Morgan fingerprint density at radius 1 is 1.61 bits per heavy atom. The fourth-order valence-electron chi connectivity index (χ4n) is 2.20. The van der Waals surface area contributed by atoms with E-state index in [2.05, 4.69) is 15.3 Å². The van der Waals surface area contributed by atoms with Crippen LogP contribution in [0.1, 0.15) is 19.3 Å². The average Bonchev–Trinajstić information content (AvgIpc) is 2.80. The number of rotatable bonds is 4.